The summed E-state index contributed by atoms with van der Waals surface area (Å²) in [6, 6.07) is 13.8. The maximum absolute atomic E-state index is 12.9. The smallest absolute Gasteiger partial charge is 0.235 e. The van der Waals surface area contributed by atoms with Gasteiger partial charge in [-0.15, -0.1) is 0 Å². The van der Waals surface area contributed by atoms with Gasteiger partial charge in [0.2, 0.25) is 11.8 Å². The maximum Gasteiger partial charge on any atom is 0.235 e. The number of ether oxygens (including phenoxy) is 1. The molecule has 7 nitrogen and oxygen atoms in total. The minimum atomic E-state index is -0.540. The molecule has 2 aromatic carbocycles. The van der Waals surface area contributed by atoms with Gasteiger partial charge in [0, 0.05) is 30.9 Å². The van der Waals surface area contributed by atoms with Crippen LogP contribution in [0.4, 0.5) is 11.4 Å². The molecule has 5 rings (SSSR count). The van der Waals surface area contributed by atoms with Crippen LogP contribution in [-0.2, 0) is 21.4 Å². The van der Waals surface area contributed by atoms with Crippen molar-refractivity contribution in [2.45, 2.75) is 44.1 Å². The second-order valence-corrected chi connectivity index (χ2v) is 9.35. The molecule has 2 aromatic rings. The highest BCUT2D eigenvalue weighted by Crippen LogP contribution is 2.45. The van der Waals surface area contributed by atoms with E-state index in [2.05, 4.69) is 23.2 Å². The number of carbonyl (C=O) groups excluding carboxylic acids is 2. The molecule has 3 aliphatic heterocycles. The van der Waals surface area contributed by atoms with Crippen molar-refractivity contribution < 1.29 is 14.3 Å². The van der Waals surface area contributed by atoms with Gasteiger partial charge in [0.05, 0.1) is 17.0 Å². The first kappa shape index (κ1) is 21.5. The molecule has 2 amide bonds. The number of likely N-dealkylation sites (tertiary alicyclic amines) is 1. The number of nitrogens with zero attached hydrogens (tertiary/aromatic N) is 3. The Kier molecular flexibility index (Phi) is 5.34. The number of fused-ring (bicyclic) bond motifs is 3. The number of piperidine rings is 1. The Balaban J connectivity index is 1.22. The molecule has 0 unspecified atom stereocenters. The number of nitrogens with one attached hydrogen (secondary N) is 1. The second-order valence-electron chi connectivity index (χ2n) is 9.35. The minimum Gasteiger partial charge on any atom is -0.492 e. The van der Waals surface area contributed by atoms with Crippen LogP contribution >= 0.6 is 0 Å². The molecule has 0 aliphatic carbocycles. The summed E-state index contributed by atoms with van der Waals surface area (Å²) in [4.78, 5) is 28.9. The molecule has 0 saturated carbocycles. The van der Waals surface area contributed by atoms with Crippen molar-refractivity contribution in [3.05, 3.63) is 53.1 Å². The van der Waals surface area contributed by atoms with E-state index in [1.807, 2.05) is 37.4 Å². The normalized spacial score (nSPS) is 20.1. The number of rotatable bonds is 4. The highest BCUT2D eigenvalue weighted by Gasteiger charge is 2.48. The third-order valence-electron chi connectivity index (χ3n) is 7.51. The van der Waals surface area contributed by atoms with Gasteiger partial charge < -0.3 is 15.0 Å². The SMILES string of the molecule is C[C@H](COc1ccc2c(c1)CCC(=O)N2C)N1CCC2(CC1)C(=O)Nc1ccc(C#N)cc12. The zero-order valence-electron chi connectivity index (χ0n) is 19.1. The van der Waals surface area contributed by atoms with Crippen molar-refractivity contribution in [3.63, 3.8) is 0 Å². The molecule has 1 atom stereocenters. The van der Waals surface area contributed by atoms with E-state index in [1.165, 1.54) is 0 Å². The summed E-state index contributed by atoms with van der Waals surface area (Å²) in [6.07, 6.45) is 2.73. The third kappa shape index (κ3) is 3.65. The highest BCUT2D eigenvalue weighted by molar-refractivity contribution is 6.06. The first-order valence-corrected chi connectivity index (χ1v) is 11.5. The van der Waals surface area contributed by atoms with Crippen LogP contribution in [0.1, 0.15) is 42.9 Å². The Labute approximate surface area is 193 Å². The largest absolute Gasteiger partial charge is 0.492 e. The van der Waals surface area contributed by atoms with E-state index in [-0.39, 0.29) is 17.9 Å². The van der Waals surface area contributed by atoms with Crippen LogP contribution in [0.15, 0.2) is 36.4 Å². The number of hydrogen-bond acceptors (Lipinski definition) is 5. The fraction of sp³-hybridized carbons (Fsp3) is 0.423. The molecule has 7 heteroatoms. The Bertz CT molecular complexity index is 1160. The van der Waals surface area contributed by atoms with Gasteiger partial charge in [-0.2, -0.15) is 5.26 Å². The Morgan fingerprint density at radius 3 is 2.70 bits per heavy atom. The maximum atomic E-state index is 12.9. The molecular formula is C26H28N4O3. The van der Waals surface area contributed by atoms with Crippen LogP contribution in [0.3, 0.4) is 0 Å². The number of hydrogen-bond donors (Lipinski definition) is 1. The highest BCUT2D eigenvalue weighted by atomic mass is 16.5. The molecule has 33 heavy (non-hydrogen) atoms. The van der Waals surface area contributed by atoms with E-state index in [0.29, 0.717) is 18.6 Å². The second kappa shape index (κ2) is 8.20. The fourth-order valence-electron chi connectivity index (χ4n) is 5.37. The molecule has 0 aromatic heterocycles. The van der Waals surface area contributed by atoms with E-state index in [0.717, 1.165) is 60.6 Å². The van der Waals surface area contributed by atoms with Crippen molar-refractivity contribution in [2.24, 2.45) is 0 Å². The van der Waals surface area contributed by atoms with E-state index < -0.39 is 5.41 Å². The van der Waals surface area contributed by atoms with Gasteiger partial charge in [-0.25, -0.2) is 0 Å². The summed E-state index contributed by atoms with van der Waals surface area (Å²) < 4.78 is 6.11. The number of benzene rings is 2. The monoisotopic (exact) mass is 444 g/mol. The van der Waals surface area contributed by atoms with Gasteiger partial charge in [-0.3, -0.25) is 14.5 Å². The summed E-state index contributed by atoms with van der Waals surface area (Å²) in [5.41, 5.74) is 3.96. The number of carbonyl (C=O) groups is 2. The molecule has 1 spiro atoms. The van der Waals surface area contributed by atoms with Gasteiger partial charge >= 0.3 is 0 Å². The first-order chi connectivity index (χ1) is 15.9. The average Bonchev–Trinajstić information content (AvgIpc) is 3.10. The van der Waals surface area contributed by atoms with Crippen molar-refractivity contribution in [1.29, 1.82) is 5.26 Å². The predicted molar refractivity (Wildman–Crippen MR) is 125 cm³/mol. The van der Waals surface area contributed by atoms with Gasteiger partial charge in [0.1, 0.15) is 12.4 Å². The van der Waals surface area contributed by atoms with Crippen molar-refractivity contribution in [2.75, 3.05) is 37.0 Å². The lowest BCUT2D eigenvalue weighted by Gasteiger charge is -2.40. The summed E-state index contributed by atoms with van der Waals surface area (Å²) >= 11 is 0. The van der Waals surface area contributed by atoms with Crippen LogP contribution in [0.25, 0.3) is 0 Å². The molecule has 170 valence electrons. The average molecular weight is 445 g/mol. The summed E-state index contributed by atoms with van der Waals surface area (Å²) in [5.74, 6) is 1.02. The Morgan fingerprint density at radius 1 is 1.15 bits per heavy atom. The minimum absolute atomic E-state index is 0.0497. The Morgan fingerprint density at radius 2 is 1.94 bits per heavy atom. The predicted octanol–water partition coefficient (Wildman–Crippen LogP) is 3.22. The Hall–Kier alpha value is -3.37. The molecule has 3 aliphatic rings. The van der Waals surface area contributed by atoms with Gasteiger partial charge in [0.15, 0.2) is 0 Å². The van der Waals surface area contributed by atoms with Crippen LogP contribution in [0.5, 0.6) is 5.75 Å². The molecule has 1 N–H and O–H groups in total. The van der Waals surface area contributed by atoms with Crippen molar-refractivity contribution in [3.8, 4) is 11.8 Å². The zero-order chi connectivity index (χ0) is 23.2. The molecule has 0 radical (unpaired) electrons. The lowest BCUT2D eigenvalue weighted by atomic mass is 9.73. The third-order valence-corrected chi connectivity index (χ3v) is 7.51. The number of nitriles is 1. The quantitative estimate of drug-likeness (QED) is 0.783. The van der Waals surface area contributed by atoms with Crippen LogP contribution in [-0.4, -0.2) is 49.5 Å². The topological polar surface area (TPSA) is 85.7 Å². The summed E-state index contributed by atoms with van der Waals surface area (Å²) in [5, 5.41) is 12.3. The van der Waals surface area contributed by atoms with Crippen LogP contribution in [0, 0.1) is 11.3 Å². The summed E-state index contributed by atoms with van der Waals surface area (Å²) in [7, 11) is 1.82. The number of amides is 2. The van der Waals surface area contributed by atoms with Crippen molar-refractivity contribution in [1.82, 2.24) is 4.90 Å². The van der Waals surface area contributed by atoms with Gasteiger partial charge in [0.25, 0.3) is 0 Å². The lowest BCUT2D eigenvalue weighted by molar-refractivity contribution is -0.122. The summed E-state index contributed by atoms with van der Waals surface area (Å²) in [6.45, 7) is 4.30. The van der Waals surface area contributed by atoms with E-state index in [1.54, 1.807) is 11.0 Å². The number of anilines is 2. The van der Waals surface area contributed by atoms with E-state index in [9.17, 15) is 14.9 Å². The van der Waals surface area contributed by atoms with E-state index in [4.69, 9.17) is 4.74 Å². The molecule has 3 heterocycles. The van der Waals surface area contributed by atoms with Gasteiger partial charge in [-0.1, -0.05) is 0 Å². The van der Waals surface area contributed by atoms with E-state index >= 15 is 0 Å². The molecule has 1 saturated heterocycles. The molecule has 1 fully saturated rings. The zero-order valence-corrected chi connectivity index (χ0v) is 19.1. The molecular weight excluding hydrogens is 416 g/mol. The number of aryl methyl sites for hydroxylation is 1. The molecule has 0 bridgehead atoms. The standard InChI is InChI=1S/C26H28N4O3/c1-17(16-33-20-5-7-23-19(14-20)4-8-24(31)29(23)2)30-11-9-26(10-12-30)21-13-18(15-27)3-6-22(21)28-25(26)32/h3,5-7,13-14,17H,4,8-12,16H2,1-2H3,(H,28,32)/t17-/m1/s1. The van der Waals surface area contributed by atoms with Gasteiger partial charge in [-0.05, 0) is 86.8 Å². The lowest BCUT2D eigenvalue weighted by Crippen LogP contribution is -2.50. The first-order valence-electron chi connectivity index (χ1n) is 11.5. The van der Waals surface area contributed by atoms with Crippen LogP contribution < -0.4 is 15.0 Å². The van der Waals surface area contributed by atoms with Crippen molar-refractivity contribution >= 4 is 23.2 Å². The fourth-order valence-corrected chi connectivity index (χ4v) is 5.37. The van der Waals surface area contributed by atoms with Crippen LogP contribution in [0.2, 0.25) is 0 Å².